The summed E-state index contributed by atoms with van der Waals surface area (Å²) in [6.45, 7) is 3.36. The van der Waals surface area contributed by atoms with E-state index in [-0.39, 0.29) is 12.8 Å². The summed E-state index contributed by atoms with van der Waals surface area (Å²) in [5.41, 5.74) is 2.20. The summed E-state index contributed by atoms with van der Waals surface area (Å²) in [7, 11) is 0. The van der Waals surface area contributed by atoms with Crippen LogP contribution < -0.4 is 25.0 Å². The van der Waals surface area contributed by atoms with E-state index >= 15 is 0 Å². The number of ether oxygens (including phenoxy) is 2. The molecule has 0 spiro atoms. The molecule has 2 aliphatic rings. The normalized spacial score (nSPS) is 17.8. The highest BCUT2D eigenvalue weighted by atomic mass is 79.9. The molecule has 2 N–H and O–H groups in total. The maximum absolute atomic E-state index is 12.1. The fourth-order valence-electron chi connectivity index (χ4n) is 3.44. The first-order valence-electron chi connectivity index (χ1n) is 9.08. The molecule has 1 atom stereocenters. The van der Waals surface area contributed by atoms with Gasteiger partial charge < -0.3 is 25.0 Å². The molecule has 0 saturated carbocycles. The summed E-state index contributed by atoms with van der Waals surface area (Å²) >= 11 is 3.52. The van der Waals surface area contributed by atoms with Crippen LogP contribution in [0.25, 0.3) is 0 Å². The SMILES string of the molecule is O=C(NCc1ccc2c(c1)OCO2)NCC1CCN(c2cccc(Br)c2)C1. The summed E-state index contributed by atoms with van der Waals surface area (Å²) < 4.78 is 11.7. The molecule has 7 heteroatoms. The predicted molar refractivity (Wildman–Crippen MR) is 107 cm³/mol. The maximum Gasteiger partial charge on any atom is 0.315 e. The highest BCUT2D eigenvalue weighted by Crippen LogP contribution is 2.32. The van der Waals surface area contributed by atoms with Gasteiger partial charge in [-0.15, -0.1) is 0 Å². The summed E-state index contributed by atoms with van der Waals surface area (Å²) in [5, 5.41) is 5.89. The first-order chi connectivity index (χ1) is 13.2. The second-order valence-corrected chi connectivity index (χ2v) is 7.75. The van der Waals surface area contributed by atoms with Gasteiger partial charge in [0, 0.05) is 36.3 Å². The van der Waals surface area contributed by atoms with Crippen molar-refractivity contribution in [3.8, 4) is 11.5 Å². The molecule has 1 unspecified atom stereocenters. The summed E-state index contributed by atoms with van der Waals surface area (Å²) in [6.07, 6.45) is 1.08. The molecule has 2 aromatic carbocycles. The minimum atomic E-state index is -0.145. The predicted octanol–water partition coefficient (Wildman–Crippen LogP) is 3.50. The van der Waals surface area contributed by atoms with Crippen LogP contribution in [0.5, 0.6) is 11.5 Å². The molecular formula is C20H22BrN3O3. The number of carbonyl (C=O) groups excluding carboxylic acids is 1. The number of urea groups is 1. The molecule has 1 saturated heterocycles. The molecular weight excluding hydrogens is 410 g/mol. The molecule has 2 aliphatic heterocycles. The van der Waals surface area contributed by atoms with E-state index in [4.69, 9.17) is 9.47 Å². The Morgan fingerprint density at radius 3 is 2.93 bits per heavy atom. The molecule has 0 bridgehead atoms. The monoisotopic (exact) mass is 431 g/mol. The summed E-state index contributed by atoms with van der Waals surface area (Å²) in [5.74, 6) is 1.94. The van der Waals surface area contributed by atoms with Gasteiger partial charge in [0.05, 0.1) is 0 Å². The third kappa shape index (κ3) is 4.47. The summed E-state index contributed by atoms with van der Waals surface area (Å²) in [6, 6.07) is 13.9. The standard InChI is InChI=1S/C20H22BrN3O3/c21-16-2-1-3-17(9-16)24-7-6-15(12-24)11-23-20(25)22-10-14-4-5-18-19(8-14)27-13-26-18/h1-5,8-9,15H,6-7,10-13H2,(H2,22,23,25). The van der Waals surface area contributed by atoms with Gasteiger partial charge in [0.15, 0.2) is 11.5 Å². The van der Waals surface area contributed by atoms with Gasteiger partial charge in [0.1, 0.15) is 0 Å². The Morgan fingerprint density at radius 1 is 1.15 bits per heavy atom. The smallest absolute Gasteiger partial charge is 0.315 e. The van der Waals surface area contributed by atoms with Crippen molar-refractivity contribution in [1.29, 1.82) is 0 Å². The Bertz CT molecular complexity index is 830. The lowest BCUT2D eigenvalue weighted by molar-refractivity contribution is 0.174. The second kappa shape index (κ2) is 8.08. The van der Waals surface area contributed by atoms with E-state index in [2.05, 4.69) is 49.7 Å². The molecule has 1 fully saturated rings. The van der Waals surface area contributed by atoms with Crippen molar-refractivity contribution >= 4 is 27.6 Å². The maximum atomic E-state index is 12.1. The minimum Gasteiger partial charge on any atom is -0.454 e. The number of amides is 2. The zero-order valence-electron chi connectivity index (χ0n) is 14.9. The van der Waals surface area contributed by atoms with Crippen LogP contribution in [0.4, 0.5) is 10.5 Å². The number of hydrogen-bond acceptors (Lipinski definition) is 4. The van der Waals surface area contributed by atoms with E-state index in [1.165, 1.54) is 5.69 Å². The lowest BCUT2D eigenvalue weighted by Crippen LogP contribution is -2.38. The average molecular weight is 432 g/mol. The van der Waals surface area contributed by atoms with Gasteiger partial charge in [0.2, 0.25) is 6.79 Å². The van der Waals surface area contributed by atoms with E-state index in [0.717, 1.165) is 41.0 Å². The summed E-state index contributed by atoms with van der Waals surface area (Å²) in [4.78, 5) is 14.5. The molecule has 0 aliphatic carbocycles. The number of fused-ring (bicyclic) bond motifs is 1. The molecule has 27 heavy (non-hydrogen) atoms. The second-order valence-electron chi connectivity index (χ2n) is 6.83. The Labute approximate surface area is 167 Å². The van der Waals surface area contributed by atoms with Crippen molar-refractivity contribution in [1.82, 2.24) is 10.6 Å². The molecule has 142 valence electrons. The van der Waals surface area contributed by atoms with Gasteiger partial charge in [-0.05, 0) is 48.2 Å². The Hall–Kier alpha value is -2.41. The molecule has 2 aromatic rings. The number of halogens is 1. The van der Waals surface area contributed by atoms with Gasteiger partial charge in [-0.3, -0.25) is 0 Å². The Kier molecular flexibility index (Phi) is 5.38. The van der Waals surface area contributed by atoms with Gasteiger partial charge in [-0.25, -0.2) is 4.79 Å². The van der Waals surface area contributed by atoms with Crippen LogP contribution in [0.15, 0.2) is 46.9 Å². The number of benzene rings is 2. The van der Waals surface area contributed by atoms with Crippen molar-refractivity contribution in [2.24, 2.45) is 5.92 Å². The quantitative estimate of drug-likeness (QED) is 0.760. The van der Waals surface area contributed by atoms with Crippen LogP contribution in [0.2, 0.25) is 0 Å². The number of rotatable bonds is 5. The topological polar surface area (TPSA) is 62.8 Å². The van der Waals surface area contributed by atoms with Crippen molar-refractivity contribution < 1.29 is 14.3 Å². The fourth-order valence-corrected chi connectivity index (χ4v) is 3.83. The van der Waals surface area contributed by atoms with Gasteiger partial charge in [0.25, 0.3) is 0 Å². The number of hydrogen-bond donors (Lipinski definition) is 2. The molecule has 0 aromatic heterocycles. The van der Waals surface area contributed by atoms with Crippen LogP contribution in [0, 0.1) is 5.92 Å². The first-order valence-corrected chi connectivity index (χ1v) is 9.87. The third-order valence-corrected chi connectivity index (χ3v) is 5.39. The molecule has 6 nitrogen and oxygen atoms in total. The highest BCUT2D eigenvalue weighted by molar-refractivity contribution is 9.10. The lowest BCUT2D eigenvalue weighted by Gasteiger charge is -2.19. The van der Waals surface area contributed by atoms with Crippen LogP contribution in [0.3, 0.4) is 0 Å². The van der Waals surface area contributed by atoms with E-state index in [9.17, 15) is 4.79 Å². The zero-order valence-corrected chi connectivity index (χ0v) is 16.5. The molecule has 2 heterocycles. The van der Waals surface area contributed by atoms with Crippen LogP contribution in [-0.4, -0.2) is 32.5 Å². The largest absolute Gasteiger partial charge is 0.454 e. The van der Waals surface area contributed by atoms with Gasteiger partial charge in [-0.1, -0.05) is 28.1 Å². The Balaban J connectivity index is 1.21. The third-order valence-electron chi connectivity index (χ3n) is 4.90. The van der Waals surface area contributed by atoms with Gasteiger partial charge >= 0.3 is 6.03 Å². The lowest BCUT2D eigenvalue weighted by atomic mass is 10.1. The fraction of sp³-hybridized carbons (Fsp3) is 0.350. The van der Waals surface area contributed by atoms with Gasteiger partial charge in [-0.2, -0.15) is 0 Å². The van der Waals surface area contributed by atoms with Crippen LogP contribution >= 0.6 is 15.9 Å². The van der Waals surface area contributed by atoms with Crippen molar-refractivity contribution in [2.75, 3.05) is 31.3 Å². The average Bonchev–Trinajstić information content (AvgIpc) is 3.33. The van der Waals surface area contributed by atoms with E-state index in [1.807, 2.05) is 24.3 Å². The Morgan fingerprint density at radius 2 is 2.04 bits per heavy atom. The van der Waals surface area contributed by atoms with Crippen LogP contribution in [-0.2, 0) is 6.54 Å². The van der Waals surface area contributed by atoms with Crippen molar-refractivity contribution in [2.45, 2.75) is 13.0 Å². The first kappa shape index (κ1) is 18.0. The number of anilines is 1. The van der Waals surface area contributed by atoms with E-state index in [1.54, 1.807) is 0 Å². The molecule has 2 amide bonds. The van der Waals surface area contributed by atoms with Crippen molar-refractivity contribution in [3.63, 3.8) is 0 Å². The highest BCUT2D eigenvalue weighted by Gasteiger charge is 2.23. The molecule has 0 radical (unpaired) electrons. The number of nitrogens with one attached hydrogen (secondary N) is 2. The number of nitrogens with zero attached hydrogens (tertiary/aromatic N) is 1. The molecule has 4 rings (SSSR count). The van der Waals surface area contributed by atoms with Crippen molar-refractivity contribution in [3.05, 3.63) is 52.5 Å². The van der Waals surface area contributed by atoms with Crippen LogP contribution in [0.1, 0.15) is 12.0 Å². The van der Waals surface area contributed by atoms with E-state index < -0.39 is 0 Å². The minimum absolute atomic E-state index is 0.145. The van der Waals surface area contributed by atoms with E-state index in [0.29, 0.717) is 19.0 Å². The number of carbonyl (C=O) groups is 1. The zero-order chi connectivity index (χ0) is 18.6.